The number of ether oxygens (including phenoxy) is 1. The van der Waals surface area contributed by atoms with Crippen LogP contribution in [0.2, 0.25) is 0 Å². The lowest BCUT2D eigenvalue weighted by molar-refractivity contribution is 0.413. The molecule has 3 aromatic rings. The van der Waals surface area contributed by atoms with Gasteiger partial charge in [-0.1, -0.05) is 39.8 Å². The normalized spacial score (nSPS) is 11.8. The molecule has 0 N–H and O–H groups in total. The maximum atomic E-state index is 5.65. The van der Waals surface area contributed by atoms with Crippen LogP contribution in [0.25, 0.3) is 11.8 Å². The molecule has 0 spiro atoms. The van der Waals surface area contributed by atoms with Crippen molar-refractivity contribution in [1.82, 2.24) is 30.4 Å². The number of unbranched alkanes of at least 4 members (excludes halogenated alkanes) is 2. The van der Waals surface area contributed by atoms with Crippen molar-refractivity contribution in [3.05, 3.63) is 47.4 Å². The predicted octanol–water partition coefficient (Wildman–Crippen LogP) is 4.73. The van der Waals surface area contributed by atoms with E-state index >= 15 is 0 Å². The molecule has 0 aliphatic rings. The fourth-order valence-electron chi connectivity index (χ4n) is 2.89. The van der Waals surface area contributed by atoms with Crippen molar-refractivity contribution in [3.8, 4) is 11.4 Å². The van der Waals surface area contributed by atoms with Crippen LogP contribution >= 0.6 is 0 Å². The van der Waals surface area contributed by atoms with Crippen molar-refractivity contribution in [3.63, 3.8) is 0 Å². The van der Waals surface area contributed by atoms with Crippen LogP contribution in [0.5, 0.6) is 5.75 Å². The molecule has 8 nitrogen and oxygen atoms in total. The number of hydrogen-bond donors (Lipinski definition) is 0. The van der Waals surface area contributed by atoms with E-state index in [1.54, 1.807) is 11.9 Å². The van der Waals surface area contributed by atoms with Gasteiger partial charge in [0.15, 0.2) is 5.82 Å². The highest BCUT2D eigenvalue weighted by Gasteiger charge is 2.10. The third-order valence-corrected chi connectivity index (χ3v) is 4.67. The Bertz CT molecular complexity index is 974. The Morgan fingerprint density at radius 1 is 1.07 bits per heavy atom. The number of rotatable bonds is 10. The molecule has 0 aliphatic heterocycles. The Morgan fingerprint density at radius 3 is 2.57 bits per heavy atom. The van der Waals surface area contributed by atoms with Gasteiger partial charge in [-0.05, 0) is 42.7 Å². The molecule has 30 heavy (non-hydrogen) atoms. The molecule has 0 saturated carbocycles. The van der Waals surface area contributed by atoms with Crippen LogP contribution in [-0.2, 0) is 6.42 Å². The molecule has 0 amide bonds. The Labute approximate surface area is 177 Å². The summed E-state index contributed by atoms with van der Waals surface area (Å²) in [6.07, 6.45) is 8.04. The lowest BCUT2D eigenvalue weighted by Crippen LogP contribution is -2.01. The molecule has 2 aromatic heterocycles. The quantitative estimate of drug-likeness (QED) is 0.446. The van der Waals surface area contributed by atoms with Gasteiger partial charge in [0, 0.05) is 23.8 Å². The van der Waals surface area contributed by atoms with E-state index in [1.807, 2.05) is 45.9 Å². The van der Waals surface area contributed by atoms with Gasteiger partial charge >= 0.3 is 0 Å². The molecule has 0 unspecified atom stereocenters. The van der Waals surface area contributed by atoms with Crippen molar-refractivity contribution < 1.29 is 9.15 Å². The molecule has 8 heteroatoms. The Morgan fingerprint density at radius 2 is 1.90 bits per heavy atom. The van der Waals surface area contributed by atoms with Gasteiger partial charge in [0.05, 0.1) is 12.8 Å². The molecule has 3 rings (SSSR count). The first kappa shape index (κ1) is 21.7. The highest BCUT2D eigenvalue weighted by Crippen LogP contribution is 2.23. The van der Waals surface area contributed by atoms with Crippen molar-refractivity contribution in [1.29, 1.82) is 0 Å². The van der Waals surface area contributed by atoms with Gasteiger partial charge in [-0.25, -0.2) is 0 Å². The molecule has 0 bridgehead atoms. The van der Waals surface area contributed by atoms with Crippen molar-refractivity contribution in [2.24, 2.45) is 0 Å². The number of benzene rings is 1. The summed E-state index contributed by atoms with van der Waals surface area (Å²) in [5.74, 6) is 3.47. The highest BCUT2D eigenvalue weighted by molar-refractivity contribution is 5.60. The van der Waals surface area contributed by atoms with E-state index in [-0.39, 0.29) is 11.8 Å². The first-order chi connectivity index (χ1) is 14.5. The number of aromatic nitrogens is 6. The van der Waals surface area contributed by atoms with E-state index in [2.05, 4.69) is 37.8 Å². The van der Waals surface area contributed by atoms with E-state index in [0.717, 1.165) is 54.4 Å². The highest BCUT2D eigenvalue weighted by atomic mass is 16.5. The Hall–Kier alpha value is -3.03. The average Bonchev–Trinajstić information content (AvgIpc) is 3.40. The molecular weight excluding hydrogens is 380 g/mol. The molecule has 0 radical (unpaired) electrons. The summed E-state index contributed by atoms with van der Waals surface area (Å²) in [6.45, 7) is 8.19. The van der Waals surface area contributed by atoms with Gasteiger partial charge < -0.3 is 9.15 Å². The number of tetrazole rings is 1. The van der Waals surface area contributed by atoms with Gasteiger partial charge in [-0.15, -0.1) is 25.2 Å². The lowest BCUT2D eigenvalue weighted by Gasteiger charge is -2.07. The summed E-state index contributed by atoms with van der Waals surface area (Å²) in [5.41, 5.74) is 1.84. The summed E-state index contributed by atoms with van der Waals surface area (Å²) < 4.78 is 11.1. The zero-order valence-electron chi connectivity index (χ0n) is 18.4. The topological polar surface area (TPSA) is 91.8 Å². The summed E-state index contributed by atoms with van der Waals surface area (Å²) in [6, 6.07) is 5.86. The predicted molar refractivity (Wildman–Crippen MR) is 115 cm³/mol. The third-order valence-electron chi connectivity index (χ3n) is 4.67. The largest absolute Gasteiger partial charge is 0.496 e. The Kier molecular flexibility index (Phi) is 7.32. The summed E-state index contributed by atoms with van der Waals surface area (Å²) in [4.78, 5) is 1.56. The molecule has 0 aliphatic carbocycles. The van der Waals surface area contributed by atoms with E-state index in [4.69, 9.17) is 9.15 Å². The van der Waals surface area contributed by atoms with Gasteiger partial charge in [-0.3, -0.25) is 0 Å². The van der Waals surface area contributed by atoms with E-state index in [1.165, 1.54) is 0 Å². The smallest absolute Gasteiger partial charge is 0.219 e. The van der Waals surface area contributed by atoms with Crippen LogP contribution in [0.3, 0.4) is 0 Å². The van der Waals surface area contributed by atoms with Gasteiger partial charge in [0.2, 0.25) is 11.8 Å². The van der Waals surface area contributed by atoms with Crippen molar-refractivity contribution >= 4 is 6.08 Å². The minimum Gasteiger partial charge on any atom is -0.496 e. The summed E-state index contributed by atoms with van der Waals surface area (Å²) in [7, 11) is 1.67. The minimum atomic E-state index is 0.237. The zero-order chi connectivity index (χ0) is 21.5. The van der Waals surface area contributed by atoms with Crippen LogP contribution in [0.1, 0.15) is 82.0 Å². The lowest BCUT2D eigenvalue weighted by atomic mass is 10.1. The Balaban J connectivity index is 1.56. The van der Waals surface area contributed by atoms with Crippen LogP contribution in [0, 0.1) is 0 Å². The van der Waals surface area contributed by atoms with E-state index in [9.17, 15) is 0 Å². The third kappa shape index (κ3) is 5.52. The molecule has 0 atom stereocenters. The maximum absolute atomic E-state index is 5.65. The van der Waals surface area contributed by atoms with Gasteiger partial charge in [0.1, 0.15) is 5.75 Å². The maximum Gasteiger partial charge on any atom is 0.219 e. The number of nitrogens with zero attached hydrogens (tertiary/aromatic N) is 6. The molecule has 2 heterocycles. The van der Waals surface area contributed by atoms with Gasteiger partial charge in [-0.2, -0.15) is 0 Å². The SMILES string of the molecule is COc1ccc(-n2nnc(C(C)C)n2)cc1C=CCCCCc1nnc(C(C)C)o1. The second kappa shape index (κ2) is 10.1. The molecule has 0 saturated heterocycles. The van der Waals surface area contributed by atoms with Crippen molar-refractivity contribution in [2.45, 2.75) is 65.2 Å². The number of allylic oxidation sites excluding steroid dienone is 1. The van der Waals surface area contributed by atoms with Crippen LogP contribution in [0.4, 0.5) is 0 Å². The van der Waals surface area contributed by atoms with Crippen LogP contribution in [-0.4, -0.2) is 37.5 Å². The molecular formula is C22H30N6O2. The summed E-state index contributed by atoms with van der Waals surface area (Å²) >= 11 is 0. The van der Waals surface area contributed by atoms with Gasteiger partial charge in [0.25, 0.3) is 0 Å². The second-order valence-corrected chi connectivity index (χ2v) is 7.85. The molecule has 0 fully saturated rings. The number of aryl methyl sites for hydroxylation is 1. The average molecular weight is 411 g/mol. The number of methoxy groups -OCH3 is 1. The molecule has 1 aromatic carbocycles. The summed E-state index contributed by atoms with van der Waals surface area (Å²) in [5, 5.41) is 20.9. The standard InChI is InChI=1S/C22H30N6O2/c1-15(2)21-24-27-28(26-21)18-12-13-19(29-5)17(14-18)10-8-6-7-9-11-20-23-25-22(30-20)16(3)4/h8,10,12-16H,6-7,9,11H2,1-5H3. The first-order valence-corrected chi connectivity index (χ1v) is 10.4. The number of hydrogen-bond acceptors (Lipinski definition) is 7. The van der Waals surface area contributed by atoms with E-state index < -0.39 is 0 Å². The monoisotopic (exact) mass is 410 g/mol. The zero-order valence-corrected chi connectivity index (χ0v) is 18.4. The second-order valence-electron chi connectivity index (χ2n) is 7.85. The fourth-order valence-corrected chi connectivity index (χ4v) is 2.89. The van der Waals surface area contributed by atoms with E-state index in [0.29, 0.717) is 5.89 Å². The van der Waals surface area contributed by atoms with Crippen LogP contribution in [0.15, 0.2) is 28.7 Å². The van der Waals surface area contributed by atoms with Crippen LogP contribution < -0.4 is 4.74 Å². The molecule has 160 valence electrons. The van der Waals surface area contributed by atoms with Crippen molar-refractivity contribution in [2.75, 3.05) is 7.11 Å². The minimum absolute atomic E-state index is 0.237. The first-order valence-electron chi connectivity index (χ1n) is 10.4. The fraction of sp³-hybridized carbons (Fsp3) is 0.500.